The number of aromatic nitrogens is 1. The third kappa shape index (κ3) is 1.71. The zero-order valence-corrected chi connectivity index (χ0v) is 6.49. The SMILES string of the molecule is N#CCn1cc(C#N)cc(F)c1=O. The van der Waals surface area contributed by atoms with Gasteiger partial charge in [-0.2, -0.15) is 10.5 Å². The Morgan fingerprint density at radius 2 is 2.23 bits per heavy atom. The zero-order valence-electron chi connectivity index (χ0n) is 6.49. The number of rotatable bonds is 1. The summed E-state index contributed by atoms with van der Waals surface area (Å²) in [5.41, 5.74) is -0.868. The van der Waals surface area contributed by atoms with Crippen LogP contribution in [0.4, 0.5) is 4.39 Å². The molecule has 0 amide bonds. The van der Waals surface area contributed by atoms with Crippen molar-refractivity contribution in [2.45, 2.75) is 6.54 Å². The number of nitriles is 2. The second-order valence-electron chi connectivity index (χ2n) is 2.28. The predicted molar refractivity (Wildman–Crippen MR) is 41.0 cm³/mol. The third-order valence-corrected chi connectivity index (χ3v) is 1.41. The number of hydrogen-bond donors (Lipinski definition) is 0. The van der Waals surface area contributed by atoms with Crippen molar-refractivity contribution < 1.29 is 4.39 Å². The van der Waals surface area contributed by atoms with Gasteiger partial charge in [0, 0.05) is 6.20 Å². The number of nitrogens with zero attached hydrogens (tertiary/aromatic N) is 3. The minimum absolute atomic E-state index is 0.0207. The molecule has 1 aromatic rings. The Kier molecular flexibility index (Phi) is 2.41. The second-order valence-corrected chi connectivity index (χ2v) is 2.28. The van der Waals surface area contributed by atoms with E-state index in [9.17, 15) is 9.18 Å². The molecule has 1 aromatic heterocycles. The molecule has 1 heterocycles. The monoisotopic (exact) mass is 177 g/mol. The normalized spacial score (nSPS) is 8.85. The molecule has 1 rings (SSSR count). The van der Waals surface area contributed by atoms with Gasteiger partial charge >= 0.3 is 0 Å². The predicted octanol–water partition coefficient (Wildman–Crippen LogP) is 0.383. The maximum atomic E-state index is 12.8. The first-order chi connectivity index (χ1) is 6.19. The van der Waals surface area contributed by atoms with Crippen LogP contribution in [0, 0.1) is 28.5 Å². The number of pyridine rings is 1. The molecule has 0 aliphatic rings. The number of halogens is 1. The van der Waals surface area contributed by atoms with Gasteiger partial charge in [-0.15, -0.1) is 0 Å². The molecule has 0 N–H and O–H groups in total. The summed E-state index contributed by atoms with van der Waals surface area (Å²) in [6, 6.07) is 4.22. The van der Waals surface area contributed by atoms with Gasteiger partial charge in [-0.25, -0.2) is 4.39 Å². The maximum absolute atomic E-state index is 12.8. The highest BCUT2D eigenvalue weighted by Crippen LogP contribution is 1.96. The highest BCUT2D eigenvalue weighted by atomic mass is 19.1. The summed E-state index contributed by atoms with van der Waals surface area (Å²) in [4.78, 5) is 11.0. The molecule has 0 aliphatic carbocycles. The lowest BCUT2D eigenvalue weighted by atomic mass is 10.3. The van der Waals surface area contributed by atoms with Crippen molar-refractivity contribution >= 4 is 0 Å². The van der Waals surface area contributed by atoms with E-state index in [0.717, 1.165) is 16.8 Å². The Bertz CT molecular complexity index is 464. The van der Waals surface area contributed by atoms with E-state index in [1.54, 1.807) is 12.1 Å². The Hall–Kier alpha value is -2.14. The lowest BCUT2D eigenvalue weighted by Gasteiger charge is -1.99. The lowest BCUT2D eigenvalue weighted by molar-refractivity contribution is 0.583. The van der Waals surface area contributed by atoms with Crippen LogP contribution >= 0.6 is 0 Å². The van der Waals surface area contributed by atoms with Crippen molar-refractivity contribution in [3.05, 3.63) is 34.0 Å². The van der Waals surface area contributed by atoms with E-state index in [-0.39, 0.29) is 12.1 Å². The van der Waals surface area contributed by atoms with Crippen LogP contribution < -0.4 is 5.56 Å². The van der Waals surface area contributed by atoms with Crippen LogP contribution in [0.15, 0.2) is 17.1 Å². The minimum Gasteiger partial charge on any atom is -0.298 e. The maximum Gasteiger partial charge on any atom is 0.287 e. The molecule has 0 spiro atoms. The molecule has 0 radical (unpaired) electrons. The van der Waals surface area contributed by atoms with E-state index in [1.807, 2.05) is 0 Å². The Balaban J connectivity index is 3.37. The van der Waals surface area contributed by atoms with Gasteiger partial charge in [0.25, 0.3) is 5.56 Å². The van der Waals surface area contributed by atoms with E-state index < -0.39 is 11.4 Å². The second kappa shape index (κ2) is 3.51. The van der Waals surface area contributed by atoms with Crippen LogP contribution in [0.5, 0.6) is 0 Å². The van der Waals surface area contributed by atoms with Crippen molar-refractivity contribution in [1.29, 1.82) is 10.5 Å². The molecule has 0 aliphatic heterocycles. The van der Waals surface area contributed by atoms with E-state index in [4.69, 9.17) is 10.5 Å². The molecule has 5 heteroatoms. The van der Waals surface area contributed by atoms with Gasteiger partial charge in [0.15, 0.2) is 5.82 Å². The first kappa shape index (κ1) is 8.95. The topological polar surface area (TPSA) is 69.6 Å². The molecule has 0 bridgehead atoms. The molecule has 0 saturated heterocycles. The smallest absolute Gasteiger partial charge is 0.287 e. The van der Waals surface area contributed by atoms with Crippen molar-refractivity contribution in [3.63, 3.8) is 0 Å². The summed E-state index contributed by atoms with van der Waals surface area (Å²) >= 11 is 0. The molecule has 0 saturated carbocycles. The van der Waals surface area contributed by atoms with Crippen molar-refractivity contribution in [2.24, 2.45) is 0 Å². The minimum atomic E-state index is -1.02. The van der Waals surface area contributed by atoms with Crippen LogP contribution in [0.25, 0.3) is 0 Å². The average Bonchev–Trinajstić information content (AvgIpc) is 2.13. The summed E-state index contributed by atoms with van der Waals surface area (Å²) in [6.45, 7) is -0.259. The van der Waals surface area contributed by atoms with Gasteiger partial charge < -0.3 is 0 Å². The molecular weight excluding hydrogens is 173 g/mol. The van der Waals surface area contributed by atoms with Gasteiger partial charge in [0.2, 0.25) is 0 Å². The first-order valence-electron chi connectivity index (χ1n) is 3.36. The van der Waals surface area contributed by atoms with E-state index in [1.165, 1.54) is 0 Å². The Morgan fingerprint density at radius 1 is 1.54 bits per heavy atom. The summed E-state index contributed by atoms with van der Waals surface area (Å²) in [6.07, 6.45) is 1.15. The Morgan fingerprint density at radius 3 is 2.77 bits per heavy atom. The number of hydrogen-bond acceptors (Lipinski definition) is 3. The van der Waals surface area contributed by atoms with E-state index >= 15 is 0 Å². The summed E-state index contributed by atoms with van der Waals surface area (Å²) in [5, 5.41) is 16.7. The van der Waals surface area contributed by atoms with Gasteiger partial charge in [-0.05, 0) is 6.07 Å². The van der Waals surface area contributed by atoms with E-state index in [2.05, 4.69) is 0 Å². The van der Waals surface area contributed by atoms with Crippen LogP contribution in [-0.2, 0) is 6.54 Å². The summed E-state index contributed by atoms with van der Waals surface area (Å²) in [7, 11) is 0. The molecule has 0 aromatic carbocycles. The molecule has 13 heavy (non-hydrogen) atoms. The van der Waals surface area contributed by atoms with Crippen LogP contribution in [0.1, 0.15) is 5.56 Å². The molecule has 64 valence electrons. The molecule has 0 unspecified atom stereocenters. The van der Waals surface area contributed by atoms with Crippen molar-refractivity contribution in [3.8, 4) is 12.1 Å². The van der Waals surface area contributed by atoms with Crippen molar-refractivity contribution in [2.75, 3.05) is 0 Å². The van der Waals surface area contributed by atoms with E-state index in [0.29, 0.717) is 0 Å². The largest absolute Gasteiger partial charge is 0.298 e. The molecule has 0 atom stereocenters. The van der Waals surface area contributed by atoms with Crippen molar-refractivity contribution in [1.82, 2.24) is 4.57 Å². The van der Waals surface area contributed by atoms with Crippen LogP contribution in [0.2, 0.25) is 0 Å². The van der Waals surface area contributed by atoms with Crippen LogP contribution in [0.3, 0.4) is 0 Å². The lowest BCUT2D eigenvalue weighted by Crippen LogP contribution is -2.22. The fourth-order valence-corrected chi connectivity index (χ4v) is 0.854. The Labute approximate surface area is 73.1 Å². The highest BCUT2D eigenvalue weighted by Gasteiger charge is 2.04. The molecule has 0 fully saturated rings. The average molecular weight is 177 g/mol. The highest BCUT2D eigenvalue weighted by molar-refractivity contribution is 5.25. The van der Waals surface area contributed by atoms with Gasteiger partial charge in [-0.1, -0.05) is 0 Å². The van der Waals surface area contributed by atoms with Crippen LogP contribution in [-0.4, -0.2) is 4.57 Å². The molecule has 4 nitrogen and oxygen atoms in total. The summed E-state index contributed by atoms with van der Waals surface area (Å²) in [5.74, 6) is -1.02. The van der Waals surface area contributed by atoms with Gasteiger partial charge in [0.1, 0.15) is 12.6 Å². The molecular formula is C8H4FN3O. The van der Waals surface area contributed by atoms with Gasteiger partial charge in [0.05, 0.1) is 11.6 Å². The quantitative estimate of drug-likeness (QED) is 0.622. The fraction of sp³-hybridized carbons (Fsp3) is 0.125. The zero-order chi connectivity index (χ0) is 9.84. The standard InChI is InChI=1S/C8H4FN3O/c9-7-3-6(4-11)5-12(2-1-10)8(7)13/h3,5H,2H2. The van der Waals surface area contributed by atoms with Gasteiger partial charge in [-0.3, -0.25) is 9.36 Å². The third-order valence-electron chi connectivity index (χ3n) is 1.41. The fourth-order valence-electron chi connectivity index (χ4n) is 0.854. The summed E-state index contributed by atoms with van der Waals surface area (Å²) < 4.78 is 13.6. The first-order valence-corrected chi connectivity index (χ1v) is 3.36.